The number of β-amino-alcohol motifs (C(OH)–C–C–N with tert-alkyl or cyclic N) is 1. The zero-order chi connectivity index (χ0) is 15.5. The number of aliphatic hydroxyl groups is 1. The Labute approximate surface area is 135 Å². The number of nitrogens with zero attached hydrogens (tertiary/aromatic N) is 2. The topological polar surface area (TPSA) is 35.9 Å². The predicted molar refractivity (Wildman–Crippen MR) is 88.7 cm³/mol. The summed E-state index contributed by atoms with van der Waals surface area (Å²) >= 11 is 3.54. The van der Waals surface area contributed by atoms with Gasteiger partial charge in [-0.25, -0.2) is 0 Å². The Morgan fingerprint density at radius 1 is 1.19 bits per heavy atom. The predicted octanol–water partition coefficient (Wildman–Crippen LogP) is 2.35. The van der Waals surface area contributed by atoms with Crippen molar-refractivity contribution in [3.8, 4) is 5.75 Å². The molecule has 1 aliphatic heterocycles. The first-order valence-corrected chi connectivity index (χ1v) is 8.16. The smallest absolute Gasteiger partial charge is 0.133 e. The lowest BCUT2D eigenvalue weighted by molar-refractivity contribution is 0.0167. The second kappa shape index (κ2) is 7.09. The van der Waals surface area contributed by atoms with Gasteiger partial charge in [0, 0.05) is 39.3 Å². The molecular formula is C16H25BrN2O2. The van der Waals surface area contributed by atoms with Crippen LogP contribution in [-0.4, -0.2) is 60.3 Å². The summed E-state index contributed by atoms with van der Waals surface area (Å²) in [5.74, 6) is 0.869. The fourth-order valence-corrected chi connectivity index (χ4v) is 3.31. The lowest BCUT2D eigenvalue weighted by Gasteiger charge is -2.37. The second-order valence-corrected chi connectivity index (χ2v) is 7.19. The first-order valence-electron chi connectivity index (χ1n) is 7.37. The Morgan fingerprint density at radius 2 is 1.81 bits per heavy atom. The second-order valence-electron chi connectivity index (χ2n) is 6.33. The van der Waals surface area contributed by atoms with Gasteiger partial charge in [0.05, 0.1) is 17.2 Å². The van der Waals surface area contributed by atoms with Crippen molar-refractivity contribution in [2.45, 2.75) is 26.0 Å². The highest BCUT2D eigenvalue weighted by Crippen LogP contribution is 2.26. The zero-order valence-electron chi connectivity index (χ0n) is 13.1. The lowest BCUT2D eigenvalue weighted by Crippen LogP contribution is -2.50. The monoisotopic (exact) mass is 356 g/mol. The van der Waals surface area contributed by atoms with Crippen molar-refractivity contribution in [2.24, 2.45) is 0 Å². The van der Waals surface area contributed by atoms with Crippen LogP contribution in [0.4, 0.5) is 0 Å². The van der Waals surface area contributed by atoms with Crippen molar-refractivity contribution in [1.82, 2.24) is 9.80 Å². The molecule has 0 radical (unpaired) electrons. The van der Waals surface area contributed by atoms with Gasteiger partial charge in [-0.2, -0.15) is 0 Å². The van der Waals surface area contributed by atoms with Crippen LogP contribution in [0.2, 0.25) is 0 Å². The van der Waals surface area contributed by atoms with E-state index in [0.717, 1.165) is 49.5 Å². The molecule has 1 N–H and O–H groups in total. The minimum atomic E-state index is -0.608. The van der Waals surface area contributed by atoms with Crippen LogP contribution in [0, 0.1) is 0 Å². The average molecular weight is 357 g/mol. The molecule has 2 rings (SSSR count). The van der Waals surface area contributed by atoms with Gasteiger partial charge < -0.3 is 9.84 Å². The normalized spacial score (nSPS) is 18.0. The van der Waals surface area contributed by atoms with Crippen LogP contribution in [-0.2, 0) is 6.54 Å². The van der Waals surface area contributed by atoms with Gasteiger partial charge in [-0.3, -0.25) is 9.80 Å². The van der Waals surface area contributed by atoms with E-state index in [4.69, 9.17) is 4.74 Å². The number of rotatable bonds is 5. The number of ether oxygens (including phenoxy) is 1. The average Bonchev–Trinajstić information content (AvgIpc) is 2.40. The van der Waals surface area contributed by atoms with E-state index in [1.807, 2.05) is 19.9 Å². The molecule has 0 unspecified atom stereocenters. The lowest BCUT2D eigenvalue weighted by atomic mass is 10.1. The van der Waals surface area contributed by atoms with Crippen LogP contribution in [0.5, 0.6) is 5.75 Å². The molecule has 0 bridgehead atoms. The summed E-state index contributed by atoms with van der Waals surface area (Å²) < 4.78 is 6.26. The Balaban J connectivity index is 1.85. The maximum absolute atomic E-state index is 9.88. The maximum atomic E-state index is 9.88. The van der Waals surface area contributed by atoms with Crippen LogP contribution in [0.1, 0.15) is 19.4 Å². The van der Waals surface area contributed by atoms with Crippen molar-refractivity contribution < 1.29 is 9.84 Å². The highest BCUT2D eigenvalue weighted by atomic mass is 79.9. The molecular weight excluding hydrogens is 332 g/mol. The molecule has 1 saturated heterocycles. The molecule has 118 valence electrons. The SMILES string of the molecule is COc1ccc(CN2CCN(CC(C)(C)O)CC2)cc1Br. The van der Waals surface area contributed by atoms with Crippen LogP contribution < -0.4 is 4.74 Å². The van der Waals surface area contributed by atoms with Crippen molar-refractivity contribution in [3.63, 3.8) is 0 Å². The minimum absolute atomic E-state index is 0.608. The molecule has 0 amide bonds. The molecule has 21 heavy (non-hydrogen) atoms. The molecule has 0 spiro atoms. The fraction of sp³-hybridized carbons (Fsp3) is 0.625. The van der Waals surface area contributed by atoms with Crippen molar-refractivity contribution in [2.75, 3.05) is 39.8 Å². The van der Waals surface area contributed by atoms with Crippen molar-refractivity contribution in [3.05, 3.63) is 28.2 Å². The molecule has 5 heteroatoms. The highest BCUT2D eigenvalue weighted by molar-refractivity contribution is 9.10. The first kappa shape index (κ1) is 16.7. The van der Waals surface area contributed by atoms with Crippen LogP contribution in [0.3, 0.4) is 0 Å². The van der Waals surface area contributed by atoms with Gasteiger partial charge in [0.25, 0.3) is 0 Å². The van der Waals surface area contributed by atoms with Gasteiger partial charge in [-0.05, 0) is 47.5 Å². The van der Waals surface area contributed by atoms with Gasteiger partial charge in [0.2, 0.25) is 0 Å². The molecule has 0 aromatic heterocycles. The Hall–Kier alpha value is -0.620. The zero-order valence-corrected chi connectivity index (χ0v) is 14.7. The largest absolute Gasteiger partial charge is 0.496 e. The third-order valence-corrected chi connectivity index (χ3v) is 4.32. The molecule has 4 nitrogen and oxygen atoms in total. The van der Waals surface area contributed by atoms with Crippen LogP contribution >= 0.6 is 15.9 Å². The van der Waals surface area contributed by atoms with Crippen LogP contribution in [0.15, 0.2) is 22.7 Å². The van der Waals surface area contributed by atoms with E-state index in [1.165, 1.54) is 5.56 Å². The number of hydrogen-bond donors (Lipinski definition) is 1. The molecule has 1 heterocycles. The number of piperazine rings is 1. The summed E-state index contributed by atoms with van der Waals surface area (Å²) in [6.45, 7) is 9.55. The quantitative estimate of drug-likeness (QED) is 0.878. The molecule has 0 saturated carbocycles. The van der Waals surface area contributed by atoms with Gasteiger partial charge in [0.1, 0.15) is 5.75 Å². The van der Waals surface area contributed by atoms with Crippen LogP contribution in [0.25, 0.3) is 0 Å². The standard InChI is InChI=1S/C16H25BrN2O2/c1-16(2,20)12-19-8-6-18(7-9-19)11-13-4-5-15(21-3)14(17)10-13/h4-5,10,20H,6-9,11-12H2,1-3H3. The summed E-state index contributed by atoms with van der Waals surface area (Å²) in [6, 6.07) is 6.25. The van der Waals surface area contributed by atoms with E-state index in [1.54, 1.807) is 7.11 Å². The number of halogens is 1. The van der Waals surface area contributed by atoms with Gasteiger partial charge >= 0.3 is 0 Å². The van der Waals surface area contributed by atoms with Gasteiger partial charge in [-0.1, -0.05) is 6.07 Å². The van der Waals surface area contributed by atoms with Crippen molar-refractivity contribution in [1.29, 1.82) is 0 Å². The molecule has 0 atom stereocenters. The number of methoxy groups -OCH3 is 1. The number of benzene rings is 1. The van der Waals surface area contributed by atoms with E-state index in [2.05, 4.69) is 37.9 Å². The highest BCUT2D eigenvalue weighted by Gasteiger charge is 2.22. The maximum Gasteiger partial charge on any atom is 0.133 e. The molecule has 1 aliphatic rings. The summed E-state index contributed by atoms with van der Waals surface area (Å²) in [5.41, 5.74) is 0.682. The van der Waals surface area contributed by atoms with Gasteiger partial charge in [0.15, 0.2) is 0 Å². The first-order chi connectivity index (χ1) is 9.87. The third kappa shape index (κ3) is 5.25. The van der Waals surface area contributed by atoms with E-state index in [9.17, 15) is 5.11 Å². The van der Waals surface area contributed by atoms with E-state index >= 15 is 0 Å². The van der Waals surface area contributed by atoms with E-state index in [0.29, 0.717) is 0 Å². The molecule has 1 aromatic rings. The Bertz CT molecular complexity index is 466. The molecule has 1 aromatic carbocycles. The summed E-state index contributed by atoms with van der Waals surface area (Å²) in [6.07, 6.45) is 0. The summed E-state index contributed by atoms with van der Waals surface area (Å²) in [5, 5.41) is 9.88. The molecule has 0 aliphatic carbocycles. The fourth-order valence-electron chi connectivity index (χ4n) is 2.72. The number of hydrogen-bond acceptors (Lipinski definition) is 4. The van der Waals surface area contributed by atoms with E-state index < -0.39 is 5.60 Å². The third-order valence-electron chi connectivity index (χ3n) is 3.70. The summed E-state index contributed by atoms with van der Waals surface area (Å²) in [7, 11) is 1.68. The summed E-state index contributed by atoms with van der Waals surface area (Å²) in [4.78, 5) is 4.79. The van der Waals surface area contributed by atoms with Gasteiger partial charge in [-0.15, -0.1) is 0 Å². The van der Waals surface area contributed by atoms with Crippen molar-refractivity contribution >= 4 is 15.9 Å². The Morgan fingerprint density at radius 3 is 2.33 bits per heavy atom. The van der Waals surface area contributed by atoms with E-state index in [-0.39, 0.29) is 0 Å². The minimum Gasteiger partial charge on any atom is -0.496 e. The molecule has 1 fully saturated rings. The Kier molecular flexibility index (Phi) is 5.66.